The zero-order chi connectivity index (χ0) is 68.8. The van der Waals surface area contributed by atoms with Gasteiger partial charge in [-0.1, -0.05) is 113 Å². The molecule has 0 aromatic heterocycles. The van der Waals surface area contributed by atoms with Gasteiger partial charge in [-0.3, -0.25) is 19.2 Å². The van der Waals surface area contributed by atoms with E-state index in [9.17, 15) is 44.7 Å². The lowest BCUT2D eigenvalue weighted by atomic mass is 9.43. The first kappa shape index (κ1) is 71.5. The Kier molecular flexibility index (Phi) is 18.3. The molecule has 2 aromatic rings. The van der Waals surface area contributed by atoms with Gasteiger partial charge in [0.15, 0.2) is 33.6 Å². The highest BCUT2D eigenvalue weighted by Crippen LogP contribution is 2.68. The van der Waals surface area contributed by atoms with Crippen LogP contribution in [0.2, 0.25) is 36.3 Å². The van der Waals surface area contributed by atoms with E-state index in [1.807, 2.05) is 27.7 Å². The number of benzene rings is 2. The summed E-state index contributed by atoms with van der Waals surface area (Å²) in [5, 5.41) is 60.7. The minimum Gasteiger partial charge on any atom is -0.455 e. The summed E-state index contributed by atoms with van der Waals surface area (Å²) in [6.07, 6.45) is -9.89. The molecule has 2 heterocycles. The first-order valence-electron chi connectivity index (χ1n) is 32.6. The van der Waals surface area contributed by atoms with E-state index in [4.69, 9.17) is 37.3 Å². The fourth-order valence-corrected chi connectivity index (χ4v) is 20.0. The number of esters is 4. The highest BCUT2D eigenvalue weighted by molar-refractivity contribution is 6.74. The second-order valence-electron chi connectivity index (χ2n) is 32.4. The van der Waals surface area contributed by atoms with E-state index in [1.165, 1.54) is 13.8 Å². The molecule has 2 aromatic carbocycles. The number of hydrogen-bond acceptors (Lipinski definition) is 19. The van der Waals surface area contributed by atoms with Crippen LogP contribution in [-0.4, -0.2) is 168 Å². The zero-order valence-electron chi connectivity index (χ0n) is 57.9. The maximum Gasteiger partial charge on any atom is 0.338 e. The summed E-state index contributed by atoms with van der Waals surface area (Å²) in [6.45, 7) is 39.2. The summed E-state index contributed by atoms with van der Waals surface area (Å²) in [6, 6.07) is 16.8. The molecule has 2 aliphatic heterocycles. The molecule has 6 fully saturated rings. The van der Waals surface area contributed by atoms with E-state index in [-0.39, 0.29) is 71.5 Å². The predicted molar refractivity (Wildman–Crippen MR) is 346 cm³/mol. The number of aliphatic hydroxyl groups excluding tert-OH is 3. The fourth-order valence-electron chi connectivity index (χ4n) is 17.2. The molecule has 0 spiro atoms. The highest BCUT2D eigenvalue weighted by atomic mass is 28.4. The second-order valence-corrected chi connectivity index (χ2v) is 41.9. The third-order valence-electron chi connectivity index (χ3n) is 24.6. The van der Waals surface area contributed by atoms with E-state index in [1.54, 1.807) is 95.3 Å². The molecule has 2 saturated heterocycles. The van der Waals surface area contributed by atoms with Crippen molar-refractivity contribution in [3.05, 3.63) is 94.1 Å². The summed E-state index contributed by atoms with van der Waals surface area (Å²) < 4.78 is 51.6. The van der Waals surface area contributed by atoms with E-state index in [0.717, 1.165) is 0 Å². The summed E-state index contributed by atoms with van der Waals surface area (Å²) in [4.78, 5) is 84.2. The van der Waals surface area contributed by atoms with Crippen LogP contribution in [-0.2, 0) is 56.5 Å². The molecule has 8 aliphatic rings. The van der Waals surface area contributed by atoms with Crippen molar-refractivity contribution in [2.75, 3.05) is 13.2 Å². The van der Waals surface area contributed by atoms with Crippen molar-refractivity contribution in [1.82, 2.24) is 0 Å². The predicted octanol–water partition coefficient (Wildman–Crippen LogP) is 9.50. The number of carbonyl (C=O) groups is 6. The van der Waals surface area contributed by atoms with Gasteiger partial charge in [0.25, 0.3) is 0 Å². The number of carbonyl (C=O) groups excluding carboxylic acids is 6. The molecule has 5 N–H and O–H groups in total. The number of ether oxygens (including phenoxy) is 6. The number of ketones is 2. The van der Waals surface area contributed by atoms with Crippen molar-refractivity contribution in [3.63, 3.8) is 0 Å². The van der Waals surface area contributed by atoms with Crippen LogP contribution in [0.5, 0.6) is 0 Å². The maximum absolute atomic E-state index is 15.4. The standard InChI is InChI=1S/C36H52O9Si.C35H50O10Si/c1-20-24(38)18-36(41)30(43-31(40)23-15-13-12-14-16-23)28-34(9,29(39)21(2)27(20)33(36,7)8)25(45-46(10,11)32(4,5)6)17-26-35(28,19-42-26)44-22(3)37;1-19-22(37)17-35(41)29(43-30(40)21-14-12-11-13-15-21)27-33(8,28(39)26(38)25(19)32(35,6)7)23(45-46(9,10)31(3,4)5)16-24-34(27,18-42-24)44-20(2)36/h12-16,21,24-26,28,30,38,41H,17-19H2,1-11H3;11-15,22-24,26-27,29,37-38,41H,16-18H2,1-10H3/t21-,24+,25+,26-,28?,30+,34-,35+,36-;22-,23-,24+,26+,27?,29-,33+,34-,35+/m10/s1. The molecular formula is C71H102O19Si2. The van der Waals surface area contributed by atoms with Crippen LogP contribution in [0.1, 0.15) is 164 Å². The van der Waals surface area contributed by atoms with Gasteiger partial charge in [-0.05, 0) is 111 Å². The lowest BCUT2D eigenvalue weighted by Gasteiger charge is -2.68. The third-order valence-corrected chi connectivity index (χ3v) is 33.6. The molecule has 2 unspecified atom stereocenters. The molecule has 4 bridgehead atoms. The van der Waals surface area contributed by atoms with Crippen LogP contribution in [0.25, 0.3) is 0 Å². The zero-order valence-corrected chi connectivity index (χ0v) is 59.9. The normalized spacial score (nSPS) is 38.8. The van der Waals surface area contributed by atoms with Crippen LogP contribution < -0.4 is 0 Å². The van der Waals surface area contributed by atoms with Gasteiger partial charge < -0.3 is 62.8 Å². The Morgan fingerprint density at radius 3 is 1.22 bits per heavy atom. The van der Waals surface area contributed by atoms with Gasteiger partial charge in [-0.2, -0.15) is 0 Å². The Hall–Kier alpha value is -4.79. The number of fused-ring (bicyclic) bond motifs is 10. The van der Waals surface area contributed by atoms with Crippen LogP contribution in [0.3, 0.4) is 0 Å². The average Bonchev–Trinajstić information content (AvgIpc) is 0.675. The molecule has 19 nitrogen and oxygen atoms in total. The van der Waals surface area contributed by atoms with Crippen molar-refractivity contribution in [1.29, 1.82) is 0 Å². The number of hydrogen-bond donors (Lipinski definition) is 5. The molecule has 21 heteroatoms. The minimum absolute atomic E-state index is 0.0356. The lowest BCUT2D eigenvalue weighted by Crippen LogP contribution is -2.82. The van der Waals surface area contributed by atoms with Gasteiger partial charge in [-0.25, -0.2) is 9.59 Å². The second kappa shape index (κ2) is 23.5. The first-order valence-corrected chi connectivity index (χ1v) is 38.4. The Labute approximate surface area is 544 Å². The Morgan fingerprint density at radius 2 is 0.891 bits per heavy atom. The smallest absolute Gasteiger partial charge is 0.338 e. The van der Waals surface area contributed by atoms with Crippen LogP contribution in [0.4, 0.5) is 0 Å². The molecule has 6 aliphatic carbocycles. The molecular weight excluding hydrogens is 1210 g/mol. The molecule has 508 valence electrons. The summed E-state index contributed by atoms with van der Waals surface area (Å²) in [5.41, 5.74) is -10.1. The van der Waals surface area contributed by atoms with Crippen molar-refractivity contribution in [3.8, 4) is 0 Å². The van der Waals surface area contributed by atoms with Gasteiger partial charge >= 0.3 is 23.9 Å². The van der Waals surface area contributed by atoms with Crippen LogP contribution in [0, 0.1) is 39.4 Å². The van der Waals surface area contributed by atoms with Gasteiger partial charge in [0.05, 0.1) is 71.4 Å². The van der Waals surface area contributed by atoms with E-state index in [2.05, 4.69) is 67.7 Å². The first-order chi connectivity index (χ1) is 42.1. The van der Waals surface area contributed by atoms with Crippen LogP contribution in [0.15, 0.2) is 83.0 Å². The van der Waals surface area contributed by atoms with Crippen molar-refractivity contribution >= 4 is 52.1 Å². The highest BCUT2D eigenvalue weighted by Gasteiger charge is 2.80. The minimum atomic E-state index is -2.61. The average molecular weight is 1320 g/mol. The lowest BCUT2D eigenvalue weighted by molar-refractivity contribution is -0.344. The SMILES string of the molecule is CC(=O)O[C@@]12CO[C@@H]1C[C@H](O[Si](C)(C)C(C)(C)C)[C@@]1(C)C(=O)[C@H](C)C3=C(C)[C@@H](O)C[C@@](O)([C@@H](OC(=O)c4ccccc4)C12)C3(C)C.CC(=O)O[C@@]12CO[C@@H]1C[C@H](O[Si](C)(C)C(C)(C)C)[C@@]1(C)C(=O)[C@H](O)C3=C(C)[C@@H](O)C[C@@](O)([C@@H](OC(=O)c4ccccc4)C12)C3(C)C. The maximum atomic E-state index is 15.4. The third kappa shape index (κ3) is 10.7. The Morgan fingerprint density at radius 1 is 0.554 bits per heavy atom. The van der Waals surface area contributed by atoms with Gasteiger partial charge in [-0.15, -0.1) is 0 Å². The van der Waals surface area contributed by atoms with Crippen molar-refractivity contribution in [2.24, 2.45) is 39.4 Å². The number of Topliss-reactive ketones (excluding diaryl/α,β-unsaturated/α-hetero) is 2. The van der Waals surface area contributed by atoms with Crippen molar-refractivity contribution in [2.45, 2.75) is 257 Å². The summed E-state index contributed by atoms with van der Waals surface area (Å²) >= 11 is 0. The molecule has 18 atom stereocenters. The fraction of sp³-hybridized carbons (Fsp3) is 0.690. The quantitative estimate of drug-likeness (QED) is 0.0641. The monoisotopic (exact) mass is 1310 g/mol. The summed E-state index contributed by atoms with van der Waals surface area (Å²) in [5.74, 6) is -6.45. The topological polar surface area (TPSA) is 277 Å². The largest absolute Gasteiger partial charge is 0.455 e. The van der Waals surface area contributed by atoms with Gasteiger partial charge in [0.2, 0.25) is 0 Å². The molecule has 0 amide bonds. The van der Waals surface area contributed by atoms with Gasteiger partial charge in [0, 0.05) is 56.3 Å². The number of aliphatic hydroxyl groups is 5. The molecule has 0 radical (unpaired) electrons. The van der Waals surface area contributed by atoms with Crippen molar-refractivity contribution < 1.29 is 91.6 Å². The molecule has 92 heavy (non-hydrogen) atoms. The number of rotatable bonds is 10. The molecule has 10 rings (SSSR count). The van der Waals surface area contributed by atoms with E-state index >= 15 is 9.59 Å². The Balaban J connectivity index is 0.000000217. The Bertz CT molecular complexity index is 3110. The van der Waals surface area contributed by atoms with Gasteiger partial charge in [0.1, 0.15) is 47.5 Å². The van der Waals surface area contributed by atoms with E-state index in [0.29, 0.717) is 16.7 Å². The van der Waals surface area contributed by atoms with E-state index < -0.39 is 163 Å². The summed E-state index contributed by atoms with van der Waals surface area (Å²) in [7, 11) is -5.13. The molecule has 4 saturated carbocycles. The van der Waals surface area contributed by atoms with Crippen LogP contribution >= 0.6 is 0 Å².